The molecule has 14 heavy (non-hydrogen) atoms. The smallest absolute Gasteiger partial charge is 0.0444 e. The van der Waals surface area contributed by atoms with E-state index in [1.165, 1.54) is 5.56 Å². The fourth-order valence-electron chi connectivity index (χ4n) is 1.76. The maximum absolute atomic E-state index is 6.20. The van der Waals surface area contributed by atoms with E-state index in [1.807, 2.05) is 6.07 Å². The Kier molecular flexibility index (Phi) is 4.43. The number of hydrogen-bond donors (Lipinski definition) is 1. The lowest BCUT2D eigenvalue weighted by Gasteiger charge is -2.15. The lowest BCUT2D eigenvalue weighted by atomic mass is 9.93. The van der Waals surface area contributed by atoms with Crippen LogP contribution < -0.4 is 5.73 Å². The minimum absolute atomic E-state index is 0.558. The van der Waals surface area contributed by atoms with Crippen LogP contribution in [0, 0.1) is 0 Å². The maximum atomic E-state index is 6.20. The van der Waals surface area contributed by atoms with Crippen LogP contribution in [0.4, 0.5) is 0 Å². The molecule has 0 amide bonds. The van der Waals surface area contributed by atoms with E-state index in [0.717, 1.165) is 23.4 Å². The lowest BCUT2D eigenvalue weighted by Crippen LogP contribution is -2.00. The van der Waals surface area contributed by atoms with Crippen molar-refractivity contribution < 1.29 is 0 Å². The zero-order valence-corrected chi connectivity index (χ0v) is 9.64. The molecule has 0 aliphatic heterocycles. The first kappa shape index (κ1) is 11.5. The van der Waals surface area contributed by atoms with Gasteiger partial charge in [-0.2, -0.15) is 0 Å². The Balaban J connectivity index is 2.98. The second-order valence-electron chi connectivity index (χ2n) is 3.57. The Morgan fingerprint density at radius 1 is 1.29 bits per heavy atom. The predicted octanol–water partition coefficient (Wildman–Crippen LogP) is 3.70. The molecule has 0 aliphatic rings. The topological polar surface area (TPSA) is 26.0 Å². The van der Waals surface area contributed by atoms with Gasteiger partial charge in [0.25, 0.3) is 0 Å². The molecule has 1 rings (SSSR count). The van der Waals surface area contributed by atoms with E-state index >= 15 is 0 Å². The van der Waals surface area contributed by atoms with Crippen molar-refractivity contribution >= 4 is 11.6 Å². The average molecular weight is 212 g/mol. The van der Waals surface area contributed by atoms with E-state index in [1.54, 1.807) is 0 Å². The molecule has 0 bridgehead atoms. The van der Waals surface area contributed by atoms with E-state index in [-0.39, 0.29) is 0 Å². The van der Waals surface area contributed by atoms with Crippen LogP contribution in [0.5, 0.6) is 0 Å². The first-order chi connectivity index (χ1) is 6.72. The molecule has 1 aromatic rings. The van der Waals surface area contributed by atoms with Crippen LogP contribution in [-0.4, -0.2) is 0 Å². The van der Waals surface area contributed by atoms with Crippen LogP contribution >= 0.6 is 11.6 Å². The minimum atomic E-state index is 0.558. The SMILES string of the molecule is CCC(CC)c1ccc(CN)cc1Cl. The summed E-state index contributed by atoms with van der Waals surface area (Å²) in [5, 5.41) is 0.863. The quantitative estimate of drug-likeness (QED) is 0.808. The maximum Gasteiger partial charge on any atom is 0.0444 e. The number of halogens is 1. The van der Waals surface area contributed by atoms with Gasteiger partial charge in [0, 0.05) is 11.6 Å². The number of hydrogen-bond acceptors (Lipinski definition) is 1. The molecule has 1 aromatic carbocycles. The van der Waals surface area contributed by atoms with Gasteiger partial charge < -0.3 is 5.73 Å². The third-order valence-corrected chi connectivity index (χ3v) is 3.05. The highest BCUT2D eigenvalue weighted by molar-refractivity contribution is 6.31. The van der Waals surface area contributed by atoms with E-state index < -0.39 is 0 Å². The Hall–Kier alpha value is -0.530. The fourth-order valence-corrected chi connectivity index (χ4v) is 2.11. The van der Waals surface area contributed by atoms with Gasteiger partial charge in [-0.25, -0.2) is 0 Å². The van der Waals surface area contributed by atoms with Gasteiger partial charge in [-0.3, -0.25) is 0 Å². The van der Waals surface area contributed by atoms with Crippen molar-refractivity contribution in [1.82, 2.24) is 0 Å². The molecule has 1 nitrogen and oxygen atoms in total. The summed E-state index contributed by atoms with van der Waals surface area (Å²) in [6.07, 6.45) is 2.27. The van der Waals surface area contributed by atoms with Gasteiger partial charge in [0.05, 0.1) is 0 Å². The molecule has 0 spiro atoms. The van der Waals surface area contributed by atoms with Gasteiger partial charge >= 0.3 is 0 Å². The van der Waals surface area contributed by atoms with Crippen LogP contribution in [0.3, 0.4) is 0 Å². The second kappa shape index (κ2) is 5.38. The van der Waals surface area contributed by atoms with E-state index in [2.05, 4.69) is 26.0 Å². The standard InChI is InChI=1S/C12H18ClN/c1-3-10(4-2)11-6-5-9(8-14)7-12(11)13/h5-7,10H,3-4,8,14H2,1-2H3. The molecule has 0 atom stereocenters. The molecule has 0 unspecified atom stereocenters. The highest BCUT2D eigenvalue weighted by atomic mass is 35.5. The molecule has 2 N–H and O–H groups in total. The van der Waals surface area contributed by atoms with Crippen molar-refractivity contribution in [2.24, 2.45) is 5.73 Å². The molecule has 0 saturated carbocycles. The van der Waals surface area contributed by atoms with Gasteiger partial charge in [0.1, 0.15) is 0 Å². The van der Waals surface area contributed by atoms with Crippen LogP contribution in [0.15, 0.2) is 18.2 Å². The third-order valence-electron chi connectivity index (χ3n) is 2.73. The summed E-state index contributed by atoms with van der Waals surface area (Å²) in [6.45, 7) is 4.95. The highest BCUT2D eigenvalue weighted by Gasteiger charge is 2.10. The average Bonchev–Trinajstić information content (AvgIpc) is 2.22. The van der Waals surface area contributed by atoms with Crippen molar-refractivity contribution in [3.63, 3.8) is 0 Å². The first-order valence-electron chi connectivity index (χ1n) is 5.21. The van der Waals surface area contributed by atoms with E-state index in [4.69, 9.17) is 17.3 Å². The van der Waals surface area contributed by atoms with Gasteiger partial charge in [-0.1, -0.05) is 37.6 Å². The Bertz CT molecular complexity index is 292. The zero-order valence-electron chi connectivity index (χ0n) is 8.89. The summed E-state index contributed by atoms with van der Waals surface area (Å²) in [5.41, 5.74) is 7.91. The summed E-state index contributed by atoms with van der Waals surface area (Å²) in [6, 6.07) is 6.16. The molecule has 78 valence electrons. The van der Waals surface area contributed by atoms with Crippen molar-refractivity contribution in [3.05, 3.63) is 34.3 Å². The van der Waals surface area contributed by atoms with Crippen molar-refractivity contribution in [1.29, 1.82) is 0 Å². The molecule has 0 fully saturated rings. The molecular weight excluding hydrogens is 194 g/mol. The molecule has 0 aliphatic carbocycles. The largest absolute Gasteiger partial charge is 0.326 e. The monoisotopic (exact) mass is 211 g/mol. The van der Waals surface area contributed by atoms with E-state index in [9.17, 15) is 0 Å². The second-order valence-corrected chi connectivity index (χ2v) is 3.98. The van der Waals surface area contributed by atoms with Gasteiger partial charge in [0.15, 0.2) is 0 Å². The number of rotatable bonds is 4. The normalized spacial score (nSPS) is 10.9. The van der Waals surface area contributed by atoms with Crippen molar-refractivity contribution in [3.8, 4) is 0 Å². The van der Waals surface area contributed by atoms with Gasteiger partial charge in [0.2, 0.25) is 0 Å². The lowest BCUT2D eigenvalue weighted by molar-refractivity contribution is 0.642. The van der Waals surface area contributed by atoms with Gasteiger partial charge in [-0.05, 0) is 36.0 Å². The first-order valence-corrected chi connectivity index (χ1v) is 5.59. The van der Waals surface area contributed by atoms with Crippen LogP contribution in [0.25, 0.3) is 0 Å². The third kappa shape index (κ3) is 2.49. The minimum Gasteiger partial charge on any atom is -0.326 e. The molecular formula is C12H18ClN. The van der Waals surface area contributed by atoms with E-state index in [0.29, 0.717) is 12.5 Å². The summed E-state index contributed by atoms with van der Waals surface area (Å²) in [5.74, 6) is 0.578. The summed E-state index contributed by atoms with van der Waals surface area (Å²) >= 11 is 6.20. The predicted molar refractivity (Wildman–Crippen MR) is 62.7 cm³/mol. The summed E-state index contributed by atoms with van der Waals surface area (Å²) in [4.78, 5) is 0. The molecule has 2 heteroatoms. The van der Waals surface area contributed by atoms with Crippen LogP contribution in [0.1, 0.15) is 43.7 Å². The zero-order chi connectivity index (χ0) is 10.6. The summed E-state index contributed by atoms with van der Waals surface area (Å²) < 4.78 is 0. The van der Waals surface area contributed by atoms with Crippen molar-refractivity contribution in [2.45, 2.75) is 39.2 Å². The molecule has 0 saturated heterocycles. The Morgan fingerprint density at radius 3 is 2.36 bits per heavy atom. The number of nitrogens with two attached hydrogens (primary N) is 1. The Labute approximate surface area is 91.3 Å². The highest BCUT2D eigenvalue weighted by Crippen LogP contribution is 2.30. The van der Waals surface area contributed by atoms with Crippen LogP contribution in [0.2, 0.25) is 5.02 Å². The van der Waals surface area contributed by atoms with Crippen molar-refractivity contribution in [2.75, 3.05) is 0 Å². The molecule has 0 aromatic heterocycles. The molecule has 0 heterocycles. The Morgan fingerprint density at radius 2 is 1.93 bits per heavy atom. The summed E-state index contributed by atoms with van der Waals surface area (Å²) in [7, 11) is 0. The van der Waals surface area contributed by atoms with Gasteiger partial charge in [-0.15, -0.1) is 0 Å². The fraction of sp³-hybridized carbons (Fsp3) is 0.500. The molecule has 0 radical (unpaired) electrons. The number of benzene rings is 1. The van der Waals surface area contributed by atoms with Crippen LogP contribution in [-0.2, 0) is 6.54 Å².